The normalized spacial score (nSPS) is 21.4. The SMILES string of the molecule is Cc1ccccc1NC1(C#N)CCCN(C(=O)OC(C)(C)C)C1. The lowest BCUT2D eigenvalue weighted by Gasteiger charge is -2.40. The van der Waals surface area contributed by atoms with Crippen molar-refractivity contribution in [2.24, 2.45) is 0 Å². The average molecular weight is 315 g/mol. The van der Waals surface area contributed by atoms with Crippen LogP contribution in [0.2, 0.25) is 0 Å². The molecule has 1 amide bonds. The van der Waals surface area contributed by atoms with Crippen molar-refractivity contribution in [2.45, 2.75) is 51.7 Å². The third-order valence-corrected chi connectivity index (χ3v) is 3.88. The van der Waals surface area contributed by atoms with E-state index in [-0.39, 0.29) is 6.09 Å². The summed E-state index contributed by atoms with van der Waals surface area (Å²) >= 11 is 0. The minimum Gasteiger partial charge on any atom is -0.444 e. The number of ether oxygens (including phenoxy) is 1. The maximum Gasteiger partial charge on any atom is 0.410 e. The smallest absolute Gasteiger partial charge is 0.410 e. The molecule has 1 fully saturated rings. The highest BCUT2D eigenvalue weighted by atomic mass is 16.6. The number of benzene rings is 1. The maximum absolute atomic E-state index is 12.3. The molecule has 0 radical (unpaired) electrons. The number of nitrogens with zero attached hydrogens (tertiary/aromatic N) is 2. The van der Waals surface area contributed by atoms with Gasteiger partial charge in [-0.15, -0.1) is 0 Å². The predicted octanol–water partition coefficient (Wildman–Crippen LogP) is 3.70. The second-order valence-corrected chi connectivity index (χ2v) is 7.14. The number of amides is 1. The van der Waals surface area contributed by atoms with E-state index in [1.807, 2.05) is 52.0 Å². The summed E-state index contributed by atoms with van der Waals surface area (Å²) in [5, 5.41) is 13.1. The summed E-state index contributed by atoms with van der Waals surface area (Å²) in [5.41, 5.74) is 0.700. The Morgan fingerprint density at radius 3 is 2.70 bits per heavy atom. The molecular weight excluding hydrogens is 290 g/mol. The number of nitrogens with one attached hydrogen (secondary N) is 1. The number of carbonyl (C=O) groups is 1. The molecule has 1 aromatic carbocycles. The first kappa shape index (κ1) is 17.1. The summed E-state index contributed by atoms with van der Waals surface area (Å²) in [7, 11) is 0. The van der Waals surface area contributed by atoms with Crippen LogP contribution < -0.4 is 5.32 Å². The van der Waals surface area contributed by atoms with Crippen molar-refractivity contribution >= 4 is 11.8 Å². The fourth-order valence-electron chi connectivity index (χ4n) is 2.73. The molecule has 5 nitrogen and oxygen atoms in total. The Morgan fingerprint density at radius 2 is 2.09 bits per heavy atom. The van der Waals surface area contributed by atoms with Gasteiger partial charge in [0.25, 0.3) is 0 Å². The molecule has 0 bridgehead atoms. The molecule has 0 aliphatic carbocycles. The van der Waals surface area contributed by atoms with Crippen LogP contribution in [0.5, 0.6) is 0 Å². The van der Waals surface area contributed by atoms with E-state index in [0.717, 1.165) is 17.7 Å². The third kappa shape index (κ3) is 4.38. The third-order valence-electron chi connectivity index (χ3n) is 3.88. The highest BCUT2D eigenvalue weighted by molar-refractivity contribution is 5.69. The van der Waals surface area contributed by atoms with Crippen LogP contribution >= 0.6 is 0 Å². The molecule has 124 valence electrons. The fraction of sp³-hybridized carbons (Fsp3) is 0.556. The van der Waals surface area contributed by atoms with Gasteiger partial charge in [-0.25, -0.2) is 4.79 Å². The van der Waals surface area contributed by atoms with Crippen LogP contribution in [0.25, 0.3) is 0 Å². The Hall–Kier alpha value is -2.22. The van der Waals surface area contributed by atoms with E-state index in [4.69, 9.17) is 4.74 Å². The van der Waals surface area contributed by atoms with Gasteiger partial charge in [-0.1, -0.05) is 18.2 Å². The molecule has 1 heterocycles. The lowest BCUT2D eigenvalue weighted by molar-refractivity contribution is 0.0181. The Bertz CT molecular complexity index is 615. The van der Waals surface area contributed by atoms with E-state index in [0.29, 0.717) is 19.5 Å². The van der Waals surface area contributed by atoms with Gasteiger partial charge in [0.1, 0.15) is 11.1 Å². The molecule has 1 saturated heterocycles. The van der Waals surface area contributed by atoms with Crippen molar-refractivity contribution in [2.75, 3.05) is 18.4 Å². The number of aryl methyl sites for hydroxylation is 1. The van der Waals surface area contributed by atoms with Gasteiger partial charge < -0.3 is 15.0 Å². The molecule has 1 unspecified atom stereocenters. The summed E-state index contributed by atoms with van der Waals surface area (Å²) in [5.74, 6) is 0. The summed E-state index contributed by atoms with van der Waals surface area (Å²) < 4.78 is 5.44. The molecule has 0 saturated carbocycles. The van der Waals surface area contributed by atoms with Crippen LogP contribution in [-0.2, 0) is 4.74 Å². The van der Waals surface area contributed by atoms with Crippen molar-refractivity contribution < 1.29 is 9.53 Å². The summed E-state index contributed by atoms with van der Waals surface area (Å²) in [6.45, 7) is 8.48. The topological polar surface area (TPSA) is 65.4 Å². The number of hydrogen-bond donors (Lipinski definition) is 1. The van der Waals surface area contributed by atoms with Crippen LogP contribution in [0.3, 0.4) is 0 Å². The number of likely N-dealkylation sites (tertiary alicyclic amines) is 1. The summed E-state index contributed by atoms with van der Waals surface area (Å²) in [4.78, 5) is 13.9. The minimum atomic E-state index is -0.777. The molecule has 1 N–H and O–H groups in total. The predicted molar refractivity (Wildman–Crippen MR) is 90.2 cm³/mol. The Kier molecular flexibility index (Phi) is 4.84. The quantitative estimate of drug-likeness (QED) is 0.903. The second kappa shape index (κ2) is 6.49. The average Bonchev–Trinajstić information content (AvgIpc) is 2.48. The Labute approximate surface area is 138 Å². The molecule has 1 aliphatic heterocycles. The van der Waals surface area contributed by atoms with Crippen LogP contribution in [0, 0.1) is 18.3 Å². The molecule has 1 aliphatic rings. The van der Waals surface area contributed by atoms with Gasteiger partial charge in [-0.3, -0.25) is 0 Å². The van der Waals surface area contributed by atoms with Crippen molar-refractivity contribution in [3.63, 3.8) is 0 Å². The molecule has 1 aromatic rings. The van der Waals surface area contributed by atoms with Crippen LogP contribution in [-0.4, -0.2) is 35.2 Å². The van der Waals surface area contributed by atoms with Crippen molar-refractivity contribution in [3.8, 4) is 6.07 Å². The van der Waals surface area contributed by atoms with Crippen molar-refractivity contribution in [3.05, 3.63) is 29.8 Å². The van der Waals surface area contributed by atoms with Gasteiger partial charge in [-0.05, 0) is 52.2 Å². The van der Waals surface area contributed by atoms with E-state index < -0.39 is 11.1 Å². The van der Waals surface area contributed by atoms with Crippen LogP contribution in [0.15, 0.2) is 24.3 Å². The van der Waals surface area contributed by atoms with Crippen molar-refractivity contribution in [1.29, 1.82) is 5.26 Å². The van der Waals surface area contributed by atoms with Crippen LogP contribution in [0.4, 0.5) is 10.5 Å². The van der Waals surface area contributed by atoms with E-state index >= 15 is 0 Å². The number of piperidine rings is 1. The highest BCUT2D eigenvalue weighted by Gasteiger charge is 2.39. The Morgan fingerprint density at radius 1 is 1.39 bits per heavy atom. The van der Waals surface area contributed by atoms with E-state index in [9.17, 15) is 10.1 Å². The summed E-state index contributed by atoms with van der Waals surface area (Å²) in [6, 6.07) is 10.2. The zero-order chi connectivity index (χ0) is 17.1. The van der Waals surface area contributed by atoms with Crippen molar-refractivity contribution in [1.82, 2.24) is 4.90 Å². The molecule has 23 heavy (non-hydrogen) atoms. The second-order valence-electron chi connectivity index (χ2n) is 7.14. The van der Waals surface area contributed by atoms with E-state index in [1.54, 1.807) is 4.90 Å². The zero-order valence-electron chi connectivity index (χ0n) is 14.3. The number of carbonyl (C=O) groups excluding carboxylic acids is 1. The van der Waals surface area contributed by atoms with Gasteiger partial charge in [0.05, 0.1) is 12.6 Å². The molecule has 1 atom stereocenters. The number of nitriles is 1. The number of anilines is 1. The Balaban J connectivity index is 2.15. The first-order valence-corrected chi connectivity index (χ1v) is 7.98. The zero-order valence-corrected chi connectivity index (χ0v) is 14.3. The number of rotatable bonds is 2. The fourth-order valence-corrected chi connectivity index (χ4v) is 2.73. The first-order chi connectivity index (χ1) is 10.7. The maximum atomic E-state index is 12.3. The lowest BCUT2D eigenvalue weighted by Crippen LogP contribution is -2.54. The molecule has 5 heteroatoms. The molecule has 2 rings (SSSR count). The van der Waals surface area contributed by atoms with Gasteiger partial charge in [-0.2, -0.15) is 5.26 Å². The van der Waals surface area contributed by atoms with Gasteiger partial charge in [0.2, 0.25) is 0 Å². The van der Waals surface area contributed by atoms with E-state index in [1.165, 1.54) is 0 Å². The standard InChI is InChI=1S/C18H25N3O2/c1-14-8-5-6-9-15(14)20-18(12-19)10-7-11-21(13-18)16(22)23-17(2,3)4/h5-6,8-9,20H,7,10-11,13H2,1-4H3. The van der Waals surface area contributed by atoms with E-state index in [2.05, 4.69) is 11.4 Å². The largest absolute Gasteiger partial charge is 0.444 e. The summed E-state index contributed by atoms with van der Waals surface area (Å²) in [6.07, 6.45) is 1.12. The molecule has 0 spiro atoms. The van der Waals surface area contributed by atoms with Gasteiger partial charge in [0, 0.05) is 12.2 Å². The first-order valence-electron chi connectivity index (χ1n) is 7.98. The number of para-hydroxylation sites is 1. The van der Waals surface area contributed by atoms with Gasteiger partial charge in [0.15, 0.2) is 0 Å². The molecular formula is C18H25N3O2. The molecule has 0 aromatic heterocycles. The monoisotopic (exact) mass is 315 g/mol. The lowest BCUT2D eigenvalue weighted by atomic mass is 9.90. The number of hydrogen-bond acceptors (Lipinski definition) is 4. The highest BCUT2D eigenvalue weighted by Crippen LogP contribution is 2.28. The van der Waals surface area contributed by atoms with Gasteiger partial charge >= 0.3 is 6.09 Å². The minimum absolute atomic E-state index is 0.326. The van der Waals surface area contributed by atoms with Crippen LogP contribution in [0.1, 0.15) is 39.2 Å².